The zero-order valence-electron chi connectivity index (χ0n) is 16.4. The van der Waals surface area contributed by atoms with Crippen LogP contribution in [0.15, 0.2) is 48.5 Å². The van der Waals surface area contributed by atoms with Gasteiger partial charge in [-0.1, -0.05) is 49.7 Å². The van der Waals surface area contributed by atoms with Gasteiger partial charge in [0.25, 0.3) is 0 Å². The van der Waals surface area contributed by atoms with Crippen molar-refractivity contribution >= 4 is 0 Å². The molecule has 1 heterocycles. The molecule has 3 rings (SSSR count). The number of hydrogen-bond donors (Lipinski definition) is 1. The van der Waals surface area contributed by atoms with Gasteiger partial charge in [-0.05, 0) is 67.7 Å². The number of nitrogens with zero attached hydrogens (tertiary/aromatic N) is 1. The number of halogens is 3. The van der Waals surface area contributed by atoms with Gasteiger partial charge in [-0.25, -0.2) is 0 Å². The minimum Gasteiger partial charge on any atom is -0.310 e. The van der Waals surface area contributed by atoms with E-state index in [9.17, 15) is 13.2 Å². The van der Waals surface area contributed by atoms with Gasteiger partial charge in [-0.3, -0.25) is 0 Å². The second-order valence-electron chi connectivity index (χ2n) is 7.62. The van der Waals surface area contributed by atoms with E-state index in [0.717, 1.165) is 29.8 Å². The summed E-state index contributed by atoms with van der Waals surface area (Å²) in [5.74, 6) is 0. The topological polar surface area (TPSA) is 15.3 Å². The van der Waals surface area contributed by atoms with Crippen molar-refractivity contribution in [1.82, 2.24) is 10.2 Å². The molecule has 0 aromatic heterocycles. The summed E-state index contributed by atoms with van der Waals surface area (Å²) < 4.78 is 38.0. The van der Waals surface area contributed by atoms with Gasteiger partial charge in [0, 0.05) is 12.6 Å². The molecular weight excluding hydrogens is 361 g/mol. The number of benzene rings is 2. The average Bonchev–Trinajstić information content (AvgIpc) is 2.71. The highest BCUT2D eigenvalue weighted by molar-refractivity contribution is 5.64. The Morgan fingerprint density at radius 3 is 2.04 bits per heavy atom. The summed E-state index contributed by atoms with van der Waals surface area (Å²) in [5, 5.41) is 3.65. The third-order valence-corrected chi connectivity index (χ3v) is 5.51. The molecule has 2 aromatic carbocycles. The Balaban J connectivity index is 1.49. The normalized spacial score (nSPS) is 16.4. The minimum absolute atomic E-state index is 0.562. The molecule has 0 amide bonds. The number of hydrogen-bond acceptors (Lipinski definition) is 2. The first-order valence-electron chi connectivity index (χ1n) is 10.2. The number of nitrogens with one attached hydrogen (secondary N) is 1. The van der Waals surface area contributed by atoms with Crippen molar-refractivity contribution in [1.29, 1.82) is 0 Å². The van der Waals surface area contributed by atoms with Crippen molar-refractivity contribution in [3.63, 3.8) is 0 Å². The van der Waals surface area contributed by atoms with Gasteiger partial charge in [-0.2, -0.15) is 13.2 Å². The molecule has 1 saturated heterocycles. The predicted octanol–water partition coefficient (Wildman–Crippen LogP) is 5.73. The summed E-state index contributed by atoms with van der Waals surface area (Å²) in [6.07, 6.45) is 0.616. The summed E-state index contributed by atoms with van der Waals surface area (Å²) >= 11 is 0. The Morgan fingerprint density at radius 1 is 0.929 bits per heavy atom. The highest BCUT2D eigenvalue weighted by Crippen LogP contribution is 2.31. The average molecular weight is 390 g/mol. The second-order valence-corrected chi connectivity index (χ2v) is 7.62. The molecule has 1 fully saturated rings. The molecule has 152 valence electrons. The number of likely N-dealkylation sites (tertiary alicyclic amines) is 1. The van der Waals surface area contributed by atoms with Crippen molar-refractivity contribution in [2.24, 2.45) is 0 Å². The summed E-state index contributed by atoms with van der Waals surface area (Å²) in [6, 6.07) is 14.0. The van der Waals surface area contributed by atoms with Crippen LogP contribution in [0.4, 0.5) is 13.2 Å². The lowest BCUT2D eigenvalue weighted by molar-refractivity contribution is -0.137. The van der Waals surface area contributed by atoms with Crippen LogP contribution in [0.2, 0.25) is 0 Å². The first kappa shape index (κ1) is 20.9. The van der Waals surface area contributed by atoms with Crippen LogP contribution in [0.25, 0.3) is 11.1 Å². The Morgan fingerprint density at radius 2 is 1.50 bits per heavy atom. The molecule has 5 heteroatoms. The number of rotatable bonds is 7. The van der Waals surface area contributed by atoms with Crippen LogP contribution < -0.4 is 5.32 Å². The predicted molar refractivity (Wildman–Crippen MR) is 108 cm³/mol. The second kappa shape index (κ2) is 9.57. The van der Waals surface area contributed by atoms with E-state index in [-0.39, 0.29) is 0 Å². The summed E-state index contributed by atoms with van der Waals surface area (Å²) in [6.45, 7) is 6.62. The van der Waals surface area contributed by atoms with Crippen LogP contribution >= 0.6 is 0 Å². The van der Waals surface area contributed by atoms with E-state index < -0.39 is 11.7 Å². The first-order valence-corrected chi connectivity index (χ1v) is 10.2. The standard InChI is InChI=1S/C23H29F3N2/c1-2-3-14-28-15-12-22(13-16-28)27-17-18-4-6-19(7-5-18)20-8-10-21(11-9-20)23(24,25)26/h4-11,22,27H,2-3,12-17H2,1H3. The van der Waals surface area contributed by atoms with E-state index in [4.69, 9.17) is 0 Å². The largest absolute Gasteiger partial charge is 0.416 e. The fourth-order valence-corrected chi connectivity index (χ4v) is 3.67. The molecule has 0 atom stereocenters. The summed E-state index contributed by atoms with van der Waals surface area (Å²) in [5.41, 5.74) is 2.32. The van der Waals surface area contributed by atoms with E-state index in [1.807, 2.05) is 12.1 Å². The number of piperidine rings is 1. The fraction of sp³-hybridized carbons (Fsp3) is 0.478. The van der Waals surface area contributed by atoms with Gasteiger partial charge in [0.2, 0.25) is 0 Å². The van der Waals surface area contributed by atoms with Gasteiger partial charge in [-0.15, -0.1) is 0 Å². The van der Waals surface area contributed by atoms with Crippen LogP contribution in [0.1, 0.15) is 43.7 Å². The minimum atomic E-state index is -4.29. The van der Waals surface area contributed by atoms with E-state index >= 15 is 0 Å². The molecular formula is C23H29F3N2. The molecule has 0 aliphatic carbocycles. The molecule has 1 N–H and O–H groups in total. The monoisotopic (exact) mass is 390 g/mol. The first-order chi connectivity index (χ1) is 13.5. The van der Waals surface area contributed by atoms with E-state index in [1.165, 1.54) is 63.0 Å². The molecule has 1 aliphatic rings. The molecule has 0 saturated carbocycles. The summed E-state index contributed by atoms with van der Waals surface area (Å²) in [7, 11) is 0. The zero-order valence-corrected chi connectivity index (χ0v) is 16.4. The van der Waals surface area contributed by atoms with Crippen molar-refractivity contribution in [3.05, 3.63) is 59.7 Å². The maximum atomic E-state index is 12.7. The van der Waals surface area contributed by atoms with E-state index in [0.29, 0.717) is 6.04 Å². The van der Waals surface area contributed by atoms with Crippen molar-refractivity contribution < 1.29 is 13.2 Å². The number of alkyl halides is 3. The smallest absolute Gasteiger partial charge is 0.310 e. The lowest BCUT2D eigenvalue weighted by Crippen LogP contribution is -2.42. The van der Waals surface area contributed by atoms with Crippen LogP contribution in [0.3, 0.4) is 0 Å². The maximum absolute atomic E-state index is 12.7. The molecule has 0 spiro atoms. The molecule has 2 aromatic rings. The Bertz CT molecular complexity index is 715. The fourth-order valence-electron chi connectivity index (χ4n) is 3.67. The zero-order chi connectivity index (χ0) is 20.0. The highest BCUT2D eigenvalue weighted by Gasteiger charge is 2.29. The lowest BCUT2D eigenvalue weighted by atomic mass is 10.0. The highest BCUT2D eigenvalue weighted by atomic mass is 19.4. The summed E-state index contributed by atoms with van der Waals surface area (Å²) in [4.78, 5) is 2.56. The molecule has 0 radical (unpaired) electrons. The van der Waals surface area contributed by atoms with Crippen molar-refractivity contribution in [3.8, 4) is 11.1 Å². The van der Waals surface area contributed by atoms with Crippen LogP contribution in [0, 0.1) is 0 Å². The lowest BCUT2D eigenvalue weighted by Gasteiger charge is -2.32. The maximum Gasteiger partial charge on any atom is 0.416 e. The van der Waals surface area contributed by atoms with Gasteiger partial charge >= 0.3 is 6.18 Å². The van der Waals surface area contributed by atoms with Gasteiger partial charge in [0.1, 0.15) is 0 Å². The van der Waals surface area contributed by atoms with Crippen LogP contribution in [0.5, 0.6) is 0 Å². The third-order valence-electron chi connectivity index (χ3n) is 5.51. The molecule has 0 bridgehead atoms. The molecule has 0 unspecified atom stereocenters. The third kappa shape index (κ3) is 5.82. The molecule has 1 aliphatic heterocycles. The van der Waals surface area contributed by atoms with Gasteiger partial charge < -0.3 is 10.2 Å². The van der Waals surface area contributed by atoms with Crippen LogP contribution in [-0.4, -0.2) is 30.6 Å². The molecule has 28 heavy (non-hydrogen) atoms. The van der Waals surface area contributed by atoms with E-state index in [1.54, 1.807) is 0 Å². The molecule has 2 nitrogen and oxygen atoms in total. The Hall–Kier alpha value is -1.85. The number of unbranched alkanes of at least 4 members (excludes halogenated alkanes) is 1. The Labute approximate surface area is 165 Å². The van der Waals surface area contributed by atoms with Crippen molar-refractivity contribution in [2.45, 2.75) is 51.4 Å². The van der Waals surface area contributed by atoms with Crippen molar-refractivity contribution in [2.75, 3.05) is 19.6 Å². The quantitative estimate of drug-likeness (QED) is 0.650. The van der Waals surface area contributed by atoms with E-state index in [2.05, 4.69) is 29.3 Å². The van der Waals surface area contributed by atoms with Crippen LogP contribution in [-0.2, 0) is 12.7 Å². The Kier molecular flexibility index (Phi) is 7.13. The van der Waals surface area contributed by atoms with Gasteiger partial charge in [0.05, 0.1) is 5.56 Å². The SMILES string of the molecule is CCCCN1CCC(NCc2ccc(-c3ccc(C(F)(F)F)cc3)cc2)CC1. The van der Waals surface area contributed by atoms with Gasteiger partial charge in [0.15, 0.2) is 0 Å².